The maximum absolute atomic E-state index is 11.4. The Bertz CT molecular complexity index is 996. The third-order valence-corrected chi connectivity index (χ3v) is 5.41. The molecule has 134 valence electrons. The van der Waals surface area contributed by atoms with E-state index < -0.39 is 4.92 Å². The topological polar surface area (TPSA) is 73.8 Å². The van der Waals surface area contributed by atoms with Crippen molar-refractivity contribution in [2.45, 2.75) is 38.1 Å². The Hall–Kier alpha value is -2.18. The first-order valence-corrected chi connectivity index (χ1v) is 9.27. The molecule has 0 atom stereocenters. The van der Waals surface area contributed by atoms with Crippen LogP contribution in [0.1, 0.15) is 38.1 Å². The number of rotatable bonds is 3. The number of hydrogen-bond donors (Lipinski definition) is 0. The Morgan fingerprint density at radius 1 is 1.15 bits per heavy atom. The quantitative estimate of drug-likeness (QED) is 0.320. The highest BCUT2D eigenvalue weighted by Gasteiger charge is 2.24. The summed E-state index contributed by atoms with van der Waals surface area (Å²) in [5, 5.41) is 11.3. The molecule has 1 fully saturated rings. The summed E-state index contributed by atoms with van der Waals surface area (Å²) in [6.45, 7) is 0. The molecule has 8 heteroatoms. The molecule has 0 N–H and O–H groups in total. The largest absolute Gasteiger partial charge is 0.327 e. The molecular formula is C18H16Cl2N4O2. The molecule has 1 aromatic carbocycles. The molecule has 26 heavy (non-hydrogen) atoms. The first-order chi connectivity index (χ1) is 12.5. The van der Waals surface area contributed by atoms with Gasteiger partial charge in [-0.15, -0.1) is 0 Å². The van der Waals surface area contributed by atoms with Crippen molar-refractivity contribution in [1.29, 1.82) is 0 Å². The lowest BCUT2D eigenvalue weighted by Gasteiger charge is -2.23. The van der Waals surface area contributed by atoms with Crippen molar-refractivity contribution in [3.63, 3.8) is 0 Å². The summed E-state index contributed by atoms with van der Waals surface area (Å²) in [7, 11) is 0. The van der Waals surface area contributed by atoms with Gasteiger partial charge in [-0.25, -0.2) is 9.97 Å². The second kappa shape index (κ2) is 6.85. The number of imidazole rings is 1. The van der Waals surface area contributed by atoms with Crippen molar-refractivity contribution < 1.29 is 4.92 Å². The second-order valence-corrected chi connectivity index (χ2v) is 7.28. The van der Waals surface area contributed by atoms with E-state index >= 15 is 0 Å². The molecule has 1 aliphatic carbocycles. The fourth-order valence-corrected chi connectivity index (χ4v) is 4.22. The normalized spacial score (nSPS) is 15.5. The van der Waals surface area contributed by atoms with E-state index in [1.165, 1.54) is 25.3 Å². The molecule has 0 amide bonds. The van der Waals surface area contributed by atoms with Crippen LogP contribution in [0.3, 0.4) is 0 Å². The summed E-state index contributed by atoms with van der Waals surface area (Å²) >= 11 is 11.9. The van der Waals surface area contributed by atoms with E-state index in [2.05, 4.69) is 14.5 Å². The summed E-state index contributed by atoms with van der Waals surface area (Å²) in [5.41, 5.74) is 2.57. The van der Waals surface area contributed by atoms with Crippen LogP contribution in [0.5, 0.6) is 0 Å². The molecule has 4 rings (SSSR count). The average molecular weight is 391 g/mol. The van der Waals surface area contributed by atoms with Crippen molar-refractivity contribution in [3.05, 3.63) is 51.0 Å². The minimum absolute atomic E-state index is 0.114. The third-order valence-electron chi connectivity index (χ3n) is 4.96. The van der Waals surface area contributed by atoms with Gasteiger partial charge < -0.3 is 4.57 Å². The summed E-state index contributed by atoms with van der Waals surface area (Å²) in [5.74, 6) is 0. The van der Waals surface area contributed by atoms with Gasteiger partial charge in [-0.05, 0) is 36.6 Å². The van der Waals surface area contributed by atoms with Crippen LogP contribution in [-0.2, 0) is 0 Å². The van der Waals surface area contributed by atoms with Gasteiger partial charge >= 0.3 is 5.69 Å². The van der Waals surface area contributed by atoms with Crippen LogP contribution in [0.2, 0.25) is 10.3 Å². The lowest BCUT2D eigenvalue weighted by atomic mass is 9.95. The van der Waals surface area contributed by atoms with Gasteiger partial charge in [0.1, 0.15) is 5.15 Å². The van der Waals surface area contributed by atoms with Crippen molar-refractivity contribution >= 4 is 39.9 Å². The monoisotopic (exact) mass is 390 g/mol. The van der Waals surface area contributed by atoms with E-state index in [0.717, 1.165) is 23.9 Å². The highest BCUT2D eigenvalue weighted by Crippen LogP contribution is 2.38. The van der Waals surface area contributed by atoms with Crippen LogP contribution >= 0.6 is 23.2 Å². The van der Waals surface area contributed by atoms with Gasteiger partial charge in [-0.3, -0.25) is 10.1 Å². The highest BCUT2D eigenvalue weighted by molar-refractivity contribution is 6.34. The summed E-state index contributed by atoms with van der Waals surface area (Å²) in [6, 6.07) is 7.57. The lowest BCUT2D eigenvalue weighted by Crippen LogP contribution is -2.11. The molecule has 3 aromatic rings. The van der Waals surface area contributed by atoms with Gasteiger partial charge in [0, 0.05) is 6.04 Å². The van der Waals surface area contributed by atoms with E-state index in [1.807, 2.05) is 24.5 Å². The molecule has 0 radical (unpaired) electrons. The predicted molar refractivity (Wildman–Crippen MR) is 102 cm³/mol. The van der Waals surface area contributed by atoms with Gasteiger partial charge in [0.2, 0.25) is 5.15 Å². The SMILES string of the molecule is O=[N+]([O-])c1c(-c2ccc3c(c2)ncn3C2CCCCC2)cc(Cl)nc1Cl. The molecule has 0 saturated heterocycles. The molecule has 0 spiro atoms. The van der Waals surface area contributed by atoms with Crippen LogP contribution in [-0.4, -0.2) is 19.5 Å². The van der Waals surface area contributed by atoms with Crippen LogP contribution in [0, 0.1) is 10.1 Å². The molecular weight excluding hydrogens is 375 g/mol. The first kappa shape index (κ1) is 17.2. The number of fused-ring (bicyclic) bond motifs is 1. The Balaban J connectivity index is 1.81. The second-order valence-electron chi connectivity index (χ2n) is 6.54. The number of halogens is 2. The number of benzene rings is 1. The Labute approximate surface area is 159 Å². The maximum atomic E-state index is 11.4. The summed E-state index contributed by atoms with van der Waals surface area (Å²) in [6.07, 6.45) is 7.96. The predicted octanol–water partition coefficient (Wildman–Crippen LogP) is 5.82. The van der Waals surface area contributed by atoms with E-state index in [-0.39, 0.29) is 16.0 Å². The van der Waals surface area contributed by atoms with Gasteiger partial charge in [0.25, 0.3) is 0 Å². The van der Waals surface area contributed by atoms with E-state index in [9.17, 15) is 10.1 Å². The Morgan fingerprint density at radius 3 is 2.65 bits per heavy atom. The Morgan fingerprint density at radius 2 is 1.92 bits per heavy atom. The van der Waals surface area contributed by atoms with Crippen LogP contribution in [0.25, 0.3) is 22.2 Å². The van der Waals surface area contributed by atoms with Crippen LogP contribution in [0.15, 0.2) is 30.6 Å². The Kier molecular flexibility index (Phi) is 4.54. The standard InChI is InChI=1S/C18H16Cl2N4O2/c19-16-9-13(17(24(25)26)18(20)22-16)11-6-7-15-14(8-11)21-10-23(15)12-4-2-1-3-5-12/h6-10,12H,1-5H2. The number of pyridine rings is 1. The van der Waals surface area contributed by atoms with Crippen molar-refractivity contribution in [2.24, 2.45) is 0 Å². The maximum Gasteiger partial charge on any atom is 0.314 e. The zero-order valence-electron chi connectivity index (χ0n) is 13.9. The number of nitrogens with zero attached hydrogens (tertiary/aromatic N) is 4. The molecule has 1 saturated carbocycles. The molecule has 0 bridgehead atoms. The smallest absolute Gasteiger partial charge is 0.314 e. The third kappa shape index (κ3) is 3.04. The average Bonchev–Trinajstić information content (AvgIpc) is 3.04. The number of aromatic nitrogens is 3. The zero-order chi connectivity index (χ0) is 18.3. The van der Waals surface area contributed by atoms with E-state index in [0.29, 0.717) is 17.2 Å². The lowest BCUT2D eigenvalue weighted by molar-refractivity contribution is -0.384. The molecule has 1 aliphatic rings. The molecule has 6 nitrogen and oxygen atoms in total. The number of hydrogen-bond acceptors (Lipinski definition) is 4. The van der Waals surface area contributed by atoms with Gasteiger partial charge in [-0.1, -0.05) is 48.5 Å². The molecule has 0 aliphatic heterocycles. The summed E-state index contributed by atoms with van der Waals surface area (Å²) in [4.78, 5) is 19.2. The minimum atomic E-state index is -0.536. The molecule has 2 aromatic heterocycles. The van der Waals surface area contributed by atoms with Crippen LogP contribution < -0.4 is 0 Å². The fourth-order valence-electron chi connectivity index (χ4n) is 3.72. The molecule has 2 heterocycles. The zero-order valence-corrected chi connectivity index (χ0v) is 15.4. The van der Waals surface area contributed by atoms with E-state index in [4.69, 9.17) is 23.2 Å². The van der Waals surface area contributed by atoms with Crippen molar-refractivity contribution in [3.8, 4) is 11.1 Å². The van der Waals surface area contributed by atoms with Gasteiger partial charge in [0.05, 0.1) is 27.8 Å². The minimum Gasteiger partial charge on any atom is -0.327 e. The molecule has 0 unspecified atom stereocenters. The van der Waals surface area contributed by atoms with E-state index in [1.54, 1.807) is 0 Å². The highest BCUT2D eigenvalue weighted by atomic mass is 35.5. The number of nitro groups is 1. The van der Waals surface area contributed by atoms with Gasteiger partial charge in [0.15, 0.2) is 0 Å². The van der Waals surface area contributed by atoms with Crippen molar-refractivity contribution in [1.82, 2.24) is 14.5 Å². The van der Waals surface area contributed by atoms with Crippen LogP contribution in [0.4, 0.5) is 5.69 Å². The first-order valence-electron chi connectivity index (χ1n) is 8.52. The van der Waals surface area contributed by atoms with Crippen molar-refractivity contribution in [2.75, 3.05) is 0 Å². The summed E-state index contributed by atoms with van der Waals surface area (Å²) < 4.78 is 2.22. The fraction of sp³-hybridized carbons (Fsp3) is 0.333. The van der Waals surface area contributed by atoms with Gasteiger partial charge in [-0.2, -0.15) is 0 Å².